The van der Waals surface area contributed by atoms with E-state index in [2.05, 4.69) is 5.16 Å². The quantitative estimate of drug-likeness (QED) is 0.795. The topological polar surface area (TPSA) is 63.3 Å². The Bertz CT molecular complexity index is 507. The zero-order chi connectivity index (χ0) is 10.8. The van der Waals surface area contributed by atoms with Crippen LogP contribution in [0.3, 0.4) is 0 Å². The molecule has 15 heavy (non-hydrogen) atoms. The van der Waals surface area contributed by atoms with Gasteiger partial charge >= 0.3 is 0 Å². The normalized spacial score (nSPS) is 10.2. The molecule has 0 fully saturated rings. The summed E-state index contributed by atoms with van der Waals surface area (Å²) in [5, 5.41) is 12.9. The van der Waals surface area contributed by atoms with Crippen molar-refractivity contribution < 1.29 is 14.4 Å². The minimum Gasteiger partial charge on any atom is -0.508 e. The van der Waals surface area contributed by atoms with Gasteiger partial charge in [0.15, 0.2) is 17.7 Å². The highest BCUT2D eigenvalue weighted by molar-refractivity contribution is 6.35. The van der Waals surface area contributed by atoms with Crippen molar-refractivity contribution in [1.82, 2.24) is 5.16 Å². The van der Waals surface area contributed by atoms with Gasteiger partial charge in [-0.1, -0.05) is 28.9 Å². The number of aromatic nitrogens is 1. The molecule has 0 saturated heterocycles. The number of hydrogen-bond acceptors (Lipinski definition) is 4. The molecule has 76 valence electrons. The van der Waals surface area contributed by atoms with Gasteiger partial charge in [-0.3, -0.25) is 4.79 Å². The van der Waals surface area contributed by atoms with Crippen molar-refractivity contribution in [2.24, 2.45) is 0 Å². The molecule has 1 heterocycles. The molecule has 0 atom stereocenters. The van der Waals surface area contributed by atoms with Gasteiger partial charge < -0.3 is 9.63 Å². The first-order valence-electron chi connectivity index (χ1n) is 4.12. The van der Waals surface area contributed by atoms with Crippen molar-refractivity contribution in [3.8, 4) is 17.1 Å². The molecule has 0 radical (unpaired) electrons. The number of halogens is 1. The van der Waals surface area contributed by atoms with Crippen LogP contribution in [-0.2, 0) is 0 Å². The zero-order valence-corrected chi connectivity index (χ0v) is 8.23. The Morgan fingerprint density at radius 1 is 1.47 bits per heavy atom. The number of carbonyl (C=O) groups excluding carboxylic acids is 1. The first kappa shape index (κ1) is 9.73. The molecule has 0 spiro atoms. The molecule has 1 N–H and O–H groups in total. The number of phenols is 1. The van der Waals surface area contributed by atoms with E-state index in [9.17, 15) is 9.90 Å². The second kappa shape index (κ2) is 3.74. The maximum absolute atomic E-state index is 10.5. The van der Waals surface area contributed by atoms with Gasteiger partial charge in [-0.15, -0.1) is 0 Å². The lowest BCUT2D eigenvalue weighted by atomic mass is 10.1. The SMILES string of the molecule is O=Cc1noc(-c2cccc(O)c2)c1Cl. The predicted octanol–water partition coefficient (Wildman–Crippen LogP) is 2.51. The summed E-state index contributed by atoms with van der Waals surface area (Å²) in [5.74, 6) is 0.363. The molecule has 0 aliphatic rings. The molecule has 5 heteroatoms. The molecule has 0 bridgehead atoms. The lowest BCUT2D eigenvalue weighted by Gasteiger charge is -1.96. The van der Waals surface area contributed by atoms with Crippen molar-refractivity contribution in [3.05, 3.63) is 35.0 Å². The van der Waals surface area contributed by atoms with Crippen molar-refractivity contribution >= 4 is 17.9 Å². The Morgan fingerprint density at radius 3 is 2.87 bits per heavy atom. The largest absolute Gasteiger partial charge is 0.508 e. The van der Waals surface area contributed by atoms with E-state index in [0.29, 0.717) is 11.8 Å². The van der Waals surface area contributed by atoms with Crippen LogP contribution in [0.5, 0.6) is 5.75 Å². The second-order valence-corrected chi connectivity index (χ2v) is 3.26. The van der Waals surface area contributed by atoms with Gasteiger partial charge in [0.25, 0.3) is 0 Å². The maximum Gasteiger partial charge on any atom is 0.186 e. The molecule has 2 rings (SSSR count). The third-order valence-corrected chi connectivity index (χ3v) is 2.24. The molecule has 0 amide bonds. The summed E-state index contributed by atoms with van der Waals surface area (Å²) in [6, 6.07) is 6.33. The highest BCUT2D eigenvalue weighted by atomic mass is 35.5. The maximum atomic E-state index is 10.5. The number of benzene rings is 1. The van der Waals surface area contributed by atoms with E-state index < -0.39 is 0 Å². The van der Waals surface area contributed by atoms with Crippen molar-refractivity contribution in [3.63, 3.8) is 0 Å². The Balaban J connectivity index is 2.54. The van der Waals surface area contributed by atoms with Gasteiger partial charge in [0.2, 0.25) is 0 Å². The summed E-state index contributed by atoms with van der Waals surface area (Å²) < 4.78 is 4.90. The van der Waals surface area contributed by atoms with Gasteiger partial charge in [-0.2, -0.15) is 0 Å². The lowest BCUT2D eigenvalue weighted by Crippen LogP contribution is -1.78. The van der Waals surface area contributed by atoms with Crippen molar-refractivity contribution in [2.75, 3.05) is 0 Å². The van der Waals surface area contributed by atoms with Gasteiger partial charge in [0, 0.05) is 5.56 Å². The van der Waals surface area contributed by atoms with Crippen LogP contribution >= 0.6 is 11.6 Å². The number of rotatable bonds is 2. The Labute approximate surface area is 90.1 Å². The summed E-state index contributed by atoms with van der Waals surface area (Å²) in [4.78, 5) is 10.5. The van der Waals surface area contributed by atoms with Crippen LogP contribution < -0.4 is 0 Å². The van der Waals surface area contributed by atoms with Crippen LogP contribution in [0.25, 0.3) is 11.3 Å². The van der Waals surface area contributed by atoms with Gasteiger partial charge in [-0.25, -0.2) is 0 Å². The van der Waals surface area contributed by atoms with Crippen LogP contribution in [0.4, 0.5) is 0 Å². The molecule has 1 aromatic carbocycles. The average Bonchev–Trinajstić information content (AvgIpc) is 2.59. The first-order valence-corrected chi connectivity index (χ1v) is 4.50. The average molecular weight is 224 g/mol. The van der Waals surface area contributed by atoms with Gasteiger partial charge in [0.1, 0.15) is 10.8 Å². The van der Waals surface area contributed by atoms with Crippen LogP contribution in [0, 0.1) is 0 Å². The highest BCUT2D eigenvalue weighted by Crippen LogP contribution is 2.31. The monoisotopic (exact) mass is 223 g/mol. The van der Waals surface area contributed by atoms with E-state index in [-0.39, 0.29) is 22.2 Å². The third kappa shape index (κ3) is 1.71. The third-order valence-electron chi connectivity index (χ3n) is 1.88. The van der Waals surface area contributed by atoms with E-state index in [1.807, 2.05) is 0 Å². The van der Waals surface area contributed by atoms with Crippen LogP contribution in [-0.4, -0.2) is 16.5 Å². The number of aromatic hydroxyl groups is 1. The number of hydrogen-bond donors (Lipinski definition) is 1. The number of aldehydes is 1. The fourth-order valence-corrected chi connectivity index (χ4v) is 1.41. The molecular weight excluding hydrogens is 218 g/mol. The molecular formula is C10H6ClNO3. The fourth-order valence-electron chi connectivity index (χ4n) is 1.19. The smallest absolute Gasteiger partial charge is 0.186 e. The standard InChI is InChI=1S/C10H6ClNO3/c11-9-8(5-13)12-15-10(9)6-2-1-3-7(14)4-6/h1-5,14H. The number of carbonyl (C=O) groups is 1. The van der Waals surface area contributed by atoms with Crippen LogP contribution in [0.15, 0.2) is 28.8 Å². The van der Waals surface area contributed by atoms with E-state index in [4.69, 9.17) is 16.1 Å². The predicted molar refractivity (Wildman–Crippen MR) is 54.0 cm³/mol. The molecule has 2 aromatic rings. The van der Waals surface area contributed by atoms with Gasteiger partial charge in [-0.05, 0) is 12.1 Å². The fraction of sp³-hybridized carbons (Fsp3) is 0. The summed E-state index contributed by atoms with van der Waals surface area (Å²) in [7, 11) is 0. The Hall–Kier alpha value is -1.81. The van der Waals surface area contributed by atoms with E-state index >= 15 is 0 Å². The molecule has 0 aliphatic heterocycles. The molecule has 1 aromatic heterocycles. The molecule has 0 unspecified atom stereocenters. The minimum atomic E-state index is 0.0509. The number of nitrogens with zero attached hydrogens (tertiary/aromatic N) is 1. The first-order chi connectivity index (χ1) is 7.22. The number of phenolic OH excluding ortho intramolecular Hbond substituents is 1. The van der Waals surface area contributed by atoms with Crippen molar-refractivity contribution in [2.45, 2.75) is 0 Å². The van der Waals surface area contributed by atoms with E-state index in [1.54, 1.807) is 12.1 Å². The summed E-state index contributed by atoms with van der Waals surface area (Å²) in [6.07, 6.45) is 0.512. The summed E-state index contributed by atoms with van der Waals surface area (Å²) in [5.41, 5.74) is 0.621. The Morgan fingerprint density at radius 2 is 2.27 bits per heavy atom. The second-order valence-electron chi connectivity index (χ2n) is 2.88. The van der Waals surface area contributed by atoms with Crippen LogP contribution in [0.2, 0.25) is 5.02 Å². The van der Waals surface area contributed by atoms with E-state index in [1.165, 1.54) is 12.1 Å². The van der Waals surface area contributed by atoms with Crippen molar-refractivity contribution in [1.29, 1.82) is 0 Å². The zero-order valence-electron chi connectivity index (χ0n) is 7.48. The lowest BCUT2D eigenvalue weighted by molar-refractivity contribution is 0.111. The van der Waals surface area contributed by atoms with E-state index in [0.717, 1.165) is 0 Å². The van der Waals surface area contributed by atoms with Gasteiger partial charge in [0.05, 0.1) is 0 Å². The minimum absolute atomic E-state index is 0.0509. The molecule has 4 nitrogen and oxygen atoms in total. The van der Waals surface area contributed by atoms with Crippen LogP contribution in [0.1, 0.15) is 10.5 Å². The highest BCUT2D eigenvalue weighted by Gasteiger charge is 2.15. The molecule has 0 aliphatic carbocycles. The molecule has 0 saturated carbocycles. The summed E-state index contributed by atoms with van der Waals surface area (Å²) >= 11 is 5.84. The summed E-state index contributed by atoms with van der Waals surface area (Å²) in [6.45, 7) is 0. The Kier molecular flexibility index (Phi) is 2.43.